The molecule has 2 N–H and O–H groups in total. The smallest absolute Gasteiger partial charge is 0.270 e. The summed E-state index contributed by atoms with van der Waals surface area (Å²) < 4.78 is 0. The van der Waals surface area contributed by atoms with Crippen molar-refractivity contribution in [3.8, 4) is 0 Å². The highest BCUT2D eigenvalue weighted by Crippen LogP contribution is 2.16. The summed E-state index contributed by atoms with van der Waals surface area (Å²) in [6, 6.07) is 4.44. The van der Waals surface area contributed by atoms with Crippen molar-refractivity contribution in [1.29, 1.82) is 0 Å². The monoisotopic (exact) mass is 306 g/mol. The maximum absolute atomic E-state index is 12.1. The number of nitro groups is 1. The maximum Gasteiger partial charge on any atom is 0.270 e. The first-order valence-electron chi connectivity index (χ1n) is 7.53. The van der Waals surface area contributed by atoms with Crippen LogP contribution in [0, 0.1) is 17.0 Å². The van der Waals surface area contributed by atoms with Gasteiger partial charge in [-0.2, -0.15) is 0 Å². The van der Waals surface area contributed by atoms with E-state index in [0.29, 0.717) is 17.7 Å². The number of carbonyl (C=O) groups excluding carboxylic acids is 1. The molecule has 0 radical (unpaired) electrons. The van der Waals surface area contributed by atoms with Crippen LogP contribution in [0.5, 0.6) is 0 Å². The van der Waals surface area contributed by atoms with Crippen LogP contribution in [0.15, 0.2) is 18.2 Å². The van der Waals surface area contributed by atoms with Crippen molar-refractivity contribution in [2.75, 3.05) is 39.3 Å². The van der Waals surface area contributed by atoms with E-state index in [1.807, 2.05) is 0 Å². The molecular formula is C15H22N4O3. The van der Waals surface area contributed by atoms with Gasteiger partial charge in [0.2, 0.25) is 0 Å². The average Bonchev–Trinajstić information content (AvgIpc) is 2.51. The van der Waals surface area contributed by atoms with E-state index < -0.39 is 4.92 Å². The number of nitrogens with zero attached hydrogens (tertiary/aromatic N) is 2. The molecular weight excluding hydrogens is 284 g/mol. The molecule has 1 aromatic carbocycles. The lowest BCUT2D eigenvalue weighted by atomic mass is 10.1. The molecule has 1 heterocycles. The zero-order valence-electron chi connectivity index (χ0n) is 12.8. The summed E-state index contributed by atoms with van der Waals surface area (Å²) in [6.07, 6.45) is 0.875. The molecule has 0 atom stereocenters. The third kappa shape index (κ3) is 4.78. The maximum atomic E-state index is 12.1. The van der Waals surface area contributed by atoms with Crippen molar-refractivity contribution >= 4 is 11.6 Å². The Kier molecular flexibility index (Phi) is 5.85. The van der Waals surface area contributed by atoms with Gasteiger partial charge in [-0.25, -0.2) is 0 Å². The Bertz CT molecular complexity index is 542. The second kappa shape index (κ2) is 7.86. The number of nitro benzene ring substituents is 1. The molecule has 1 amide bonds. The van der Waals surface area contributed by atoms with Crippen LogP contribution in [0.3, 0.4) is 0 Å². The normalized spacial score (nSPS) is 15.5. The fraction of sp³-hybridized carbons (Fsp3) is 0.533. The van der Waals surface area contributed by atoms with Gasteiger partial charge in [-0.15, -0.1) is 0 Å². The number of aryl methyl sites for hydroxylation is 1. The number of hydrogen-bond acceptors (Lipinski definition) is 5. The van der Waals surface area contributed by atoms with E-state index in [2.05, 4.69) is 15.5 Å². The van der Waals surface area contributed by atoms with E-state index >= 15 is 0 Å². The Hall–Kier alpha value is -1.99. The third-order valence-electron chi connectivity index (χ3n) is 3.68. The van der Waals surface area contributed by atoms with Crippen LogP contribution in [0.1, 0.15) is 22.3 Å². The zero-order chi connectivity index (χ0) is 15.9. The molecule has 7 nitrogen and oxygen atoms in total. The predicted octanol–water partition coefficient (Wildman–Crippen LogP) is 0.928. The van der Waals surface area contributed by atoms with Crippen molar-refractivity contribution < 1.29 is 9.72 Å². The topological polar surface area (TPSA) is 87.5 Å². The highest BCUT2D eigenvalue weighted by atomic mass is 16.6. The summed E-state index contributed by atoms with van der Waals surface area (Å²) in [4.78, 5) is 24.8. The summed E-state index contributed by atoms with van der Waals surface area (Å²) >= 11 is 0. The largest absolute Gasteiger partial charge is 0.352 e. The van der Waals surface area contributed by atoms with Crippen molar-refractivity contribution in [2.24, 2.45) is 0 Å². The Morgan fingerprint density at radius 1 is 1.36 bits per heavy atom. The van der Waals surface area contributed by atoms with Gasteiger partial charge >= 0.3 is 0 Å². The van der Waals surface area contributed by atoms with Crippen LogP contribution in [0.2, 0.25) is 0 Å². The summed E-state index contributed by atoms with van der Waals surface area (Å²) in [5, 5.41) is 17.0. The van der Waals surface area contributed by atoms with E-state index in [0.717, 1.165) is 39.1 Å². The molecule has 2 rings (SSSR count). The van der Waals surface area contributed by atoms with E-state index in [9.17, 15) is 14.9 Å². The van der Waals surface area contributed by atoms with Crippen LogP contribution < -0.4 is 10.6 Å². The molecule has 0 aliphatic carbocycles. The fourth-order valence-corrected chi connectivity index (χ4v) is 2.54. The van der Waals surface area contributed by atoms with Crippen LogP contribution in [-0.4, -0.2) is 55.0 Å². The summed E-state index contributed by atoms with van der Waals surface area (Å²) in [7, 11) is 0. The molecule has 0 aromatic heterocycles. The molecule has 7 heteroatoms. The van der Waals surface area contributed by atoms with Gasteiger partial charge in [0.15, 0.2) is 0 Å². The Balaban J connectivity index is 1.80. The van der Waals surface area contributed by atoms with Gasteiger partial charge in [0.05, 0.1) is 4.92 Å². The number of carbonyl (C=O) groups is 1. The summed E-state index contributed by atoms with van der Waals surface area (Å²) in [5.74, 6) is -0.257. The Morgan fingerprint density at radius 3 is 2.77 bits per heavy atom. The minimum Gasteiger partial charge on any atom is -0.352 e. The number of nitrogens with one attached hydrogen (secondary N) is 2. The number of hydrogen-bond donors (Lipinski definition) is 2. The van der Waals surface area contributed by atoms with Crippen LogP contribution in [-0.2, 0) is 0 Å². The minimum absolute atomic E-state index is 0.0500. The lowest BCUT2D eigenvalue weighted by molar-refractivity contribution is -0.384. The van der Waals surface area contributed by atoms with Gasteiger partial charge < -0.3 is 15.5 Å². The van der Waals surface area contributed by atoms with Gasteiger partial charge in [-0.3, -0.25) is 14.9 Å². The second-order valence-electron chi connectivity index (χ2n) is 5.52. The lowest BCUT2D eigenvalue weighted by Crippen LogP contribution is -2.44. The standard InChI is InChI=1S/C15H22N4O3/c1-12-9-13(11-14(10-12)19(21)22)15(20)17-3-2-6-18-7-4-16-5-8-18/h9-11,16H,2-8H2,1H3,(H,17,20). The van der Waals surface area contributed by atoms with E-state index in [-0.39, 0.29) is 11.6 Å². The third-order valence-corrected chi connectivity index (χ3v) is 3.68. The van der Waals surface area contributed by atoms with Crippen LogP contribution in [0.25, 0.3) is 0 Å². The van der Waals surface area contributed by atoms with E-state index in [4.69, 9.17) is 0 Å². The van der Waals surface area contributed by atoms with Crippen molar-refractivity contribution in [3.05, 3.63) is 39.4 Å². The van der Waals surface area contributed by atoms with Gasteiger partial charge in [0.1, 0.15) is 0 Å². The molecule has 0 saturated carbocycles. The Labute approximate surface area is 129 Å². The lowest BCUT2D eigenvalue weighted by Gasteiger charge is -2.27. The molecule has 1 fully saturated rings. The summed E-state index contributed by atoms with van der Waals surface area (Å²) in [5.41, 5.74) is 1.00. The average molecular weight is 306 g/mol. The van der Waals surface area contributed by atoms with Gasteiger partial charge in [-0.1, -0.05) is 0 Å². The predicted molar refractivity (Wildman–Crippen MR) is 84.1 cm³/mol. The number of non-ortho nitro benzene ring substituents is 1. The minimum atomic E-state index is -0.478. The van der Waals surface area contributed by atoms with Crippen molar-refractivity contribution in [1.82, 2.24) is 15.5 Å². The van der Waals surface area contributed by atoms with Crippen LogP contribution >= 0.6 is 0 Å². The number of rotatable bonds is 6. The summed E-state index contributed by atoms with van der Waals surface area (Å²) in [6.45, 7) is 7.38. The molecule has 1 aliphatic heterocycles. The number of piperazine rings is 1. The van der Waals surface area contributed by atoms with Crippen LogP contribution in [0.4, 0.5) is 5.69 Å². The molecule has 1 aromatic rings. The first-order valence-corrected chi connectivity index (χ1v) is 7.53. The zero-order valence-corrected chi connectivity index (χ0v) is 12.8. The molecule has 0 bridgehead atoms. The van der Waals surface area contributed by atoms with Gasteiger partial charge in [0, 0.05) is 50.4 Å². The van der Waals surface area contributed by atoms with E-state index in [1.54, 1.807) is 13.0 Å². The quantitative estimate of drug-likeness (QED) is 0.464. The highest BCUT2D eigenvalue weighted by Gasteiger charge is 2.13. The second-order valence-corrected chi connectivity index (χ2v) is 5.52. The van der Waals surface area contributed by atoms with E-state index in [1.165, 1.54) is 12.1 Å². The van der Waals surface area contributed by atoms with Gasteiger partial charge in [0.25, 0.3) is 11.6 Å². The number of amides is 1. The Morgan fingerprint density at radius 2 is 2.09 bits per heavy atom. The molecule has 120 valence electrons. The molecule has 1 saturated heterocycles. The van der Waals surface area contributed by atoms with Crippen molar-refractivity contribution in [3.63, 3.8) is 0 Å². The first-order chi connectivity index (χ1) is 10.6. The molecule has 22 heavy (non-hydrogen) atoms. The fourth-order valence-electron chi connectivity index (χ4n) is 2.54. The SMILES string of the molecule is Cc1cc(C(=O)NCCCN2CCNCC2)cc([N+](=O)[O-])c1. The van der Waals surface area contributed by atoms with Crippen molar-refractivity contribution in [2.45, 2.75) is 13.3 Å². The molecule has 0 unspecified atom stereocenters. The highest BCUT2D eigenvalue weighted by molar-refractivity contribution is 5.95. The number of benzene rings is 1. The first kappa shape index (κ1) is 16.4. The van der Waals surface area contributed by atoms with Gasteiger partial charge in [-0.05, 0) is 31.5 Å². The molecule has 1 aliphatic rings. The molecule has 0 spiro atoms.